The summed E-state index contributed by atoms with van der Waals surface area (Å²) in [6, 6.07) is 0. The van der Waals surface area contributed by atoms with E-state index in [2.05, 4.69) is 98.9 Å². The van der Waals surface area contributed by atoms with E-state index in [4.69, 9.17) is 4.43 Å². The number of rotatable bonds is 18. The zero-order valence-corrected chi connectivity index (χ0v) is 26.6. The third-order valence-electron chi connectivity index (χ3n) is 7.25. The van der Waals surface area contributed by atoms with Crippen LogP contribution in [0.25, 0.3) is 0 Å². The highest BCUT2D eigenvalue weighted by molar-refractivity contribution is 6.74. The molecule has 0 aliphatic carbocycles. The molecule has 0 aliphatic heterocycles. The molecule has 36 heavy (non-hydrogen) atoms. The van der Waals surface area contributed by atoms with E-state index < -0.39 is 8.32 Å². The summed E-state index contributed by atoms with van der Waals surface area (Å²) in [5, 5.41) is 0.205. The molecule has 2 nitrogen and oxygen atoms in total. The first kappa shape index (κ1) is 34.5. The minimum absolute atomic E-state index is 0.205. The normalized spacial score (nSPS) is 14.3. The minimum atomic E-state index is -1.77. The number of carbonyl (C=O) groups is 1. The zero-order valence-electron chi connectivity index (χ0n) is 25.6. The highest BCUT2D eigenvalue weighted by Gasteiger charge is 2.37. The van der Waals surface area contributed by atoms with Crippen LogP contribution in [0.15, 0.2) is 58.2 Å². The summed E-state index contributed by atoms with van der Waals surface area (Å²) < 4.78 is 6.40. The van der Waals surface area contributed by atoms with E-state index in [-0.39, 0.29) is 5.04 Å². The van der Waals surface area contributed by atoms with Crippen LogP contribution >= 0.6 is 0 Å². The maximum atomic E-state index is 10.9. The van der Waals surface area contributed by atoms with Crippen LogP contribution in [0.5, 0.6) is 0 Å². The average molecular weight is 515 g/mol. The van der Waals surface area contributed by atoms with Crippen molar-refractivity contribution in [1.29, 1.82) is 0 Å². The molecular formula is C33H58O2Si. The number of aldehydes is 1. The van der Waals surface area contributed by atoms with Gasteiger partial charge in [-0.1, -0.05) is 73.4 Å². The molecule has 0 rings (SSSR count). The molecule has 0 fully saturated rings. The van der Waals surface area contributed by atoms with Gasteiger partial charge in [-0.25, -0.2) is 0 Å². The van der Waals surface area contributed by atoms with Gasteiger partial charge in [-0.3, -0.25) is 0 Å². The monoisotopic (exact) mass is 514 g/mol. The fourth-order valence-corrected chi connectivity index (χ4v) is 4.55. The van der Waals surface area contributed by atoms with Crippen LogP contribution in [0.2, 0.25) is 18.1 Å². The number of unbranched alkanes of at least 4 members (excludes halogenated alkanes) is 1. The highest BCUT2D eigenvalue weighted by atomic mass is 28.4. The Bertz CT molecular complexity index is 781. The van der Waals surface area contributed by atoms with Crippen molar-refractivity contribution < 1.29 is 9.22 Å². The molecule has 0 saturated heterocycles. The fraction of sp³-hybridized carbons (Fsp3) is 0.667. The van der Waals surface area contributed by atoms with Crippen molar-refractivity contribution in [2.45, 2.75) is 138 Å². The standard InChI is InChI=1S/C33H58O2Si/c1-28(2)17-13-19-30(4)21-15-23-31(5)22-14-20-29(3)18-11-12-24-32(25-16-26-34)27-35-36(9,10)33(6,7)8/h17-18,21-22,24,26H,11-16,19-20,23,25,27H2,1-10H3/b29-18+,30-21+,31-22+,32-24-. The Hall–Kier alpha value is -1.45. The first-order valence-electron chi connectivity index (χ1n) is 14.1. The lowest BCUT2D eigenvalue weighted by atomic mass is 10.0. The molecule has 0 aromatic carbocycles. The van der Waals surface area contributed by atoms with E-state index in [1.165, 1.54) is 34.3 Å². The summed E-state index contributed by atoms with van der Waals surface area (Å²) in [7, 11) is -1.77. The fourth-order valence-electron chi connectivity index (χ4n) is 3.57. The van der Waals surface area contributed by atoms with E-state index >= 15 is 0 Å². The molecule has 0 bridgehead atoms. The van der Waals surface area contributed by atoms with Crippen molar-refractivity contribution in [2.24, 2.45) is 0 Å². The smallest absolute Gasteiger partial charge is 0.192 e. The maximum Gasteiger partial charge on any atom is 0.192 e. The lowest BCUT2D eigenvalue weighted by molar-refractivity contribution is -0.107. The van der Waals surface area contributed by atoms with Gasteiger partial charge in [-0.05, 0) is 116 Å². The molecule has 0 spiro atoms. The van der Waals surface area contributed by atoms with Crippen molar-refractivity contribution in [3.63, 3.8) is 0 Å². The Kier molecular flexibility index (Phi) is 18.0. The minimum Gasteiger partial charge on any atom is -0.413 e. The molecule has 0 aliphatic rings. The van der Waals surface area contributed by atoms with E-state index in [0.29, 0.717) is 13.0 Å². The second-order valence-corrected chi connectivity index (χ2v) is 17.1. The lowest BCUT2D eigenvalue weighted by Gasteiger charge is -2.36. The Balaban J connectivity index is 4.50. The topological polar surface area (TPSA) is 26.3 Å². The summed E-state index contributed by atoms with van der Waals surface area (Å²) in [5.41, 5.74) is 7.16. The van der Waals surface area contributed by atoms with E-state index in [9.17, 15) is 4.79 Å². The van der Waals surface area contributed by atoms with Crippen LogP contribution in [0.3, 0.4) is 0 Å². The predicted octanol–water partition coefficient (Wildman–Crippen LogP) is 10.8. The molecule has 206 valence electrons. The van der Waals surface area contributed by atoms with Gasteiger partial charge in [0.1, 0.15) is 6.29 Å². The average Bonchev–Trinajstić information content (AvgIpc) is 2.76. The third-order valence-corrected chi connectivity index (χ3v) is 11.7. The predicted molar refractivity (Wildman–Crippen MR) is 164 cm³/mol. The molecular weight excluding hydrogens is 456 g/mol. The first-order valence-corrected chi connectivity index (χ1v) is 17.0. The first-order chi connectivity index (χ1) is 16.8. The quantitative estimate of drug-likeness (QED) is 0.0786. The van der Waals surface area contributed by atoms with Gasteiger partial charge in [0.05, 0.1) is 6.61 Å². The third kappa shape index (κ3) is 17.9. The Morgan fingerprint density at radius 1 is 0.639 bits per heavy atom. The van der Waals surface area contributed by atoms with E-state index in [0.717, 1.165) is 57.7 Å². The van der Waals surface area contributed by atoms with Gasteiger partial charge in [0.25, 0.3) is 0 Å². The molecule has 0 amide bonds. The summed E-state index contributed by atoms with van der Waals surface area (Å²) in [4.78, 5) is 10.9. The van der Waals surface area contributed by atoms with Crippen LogP contribution in [-0.2, 0) is 9.22 Å². The second kappa shape index (κ2) is 18.7. The summed E-state index contributed by atoms with van der Waals surface area (Å²) in [6.07, 6.45) is 23.2. The number of allylic oxidation sites excluding steroid dienone is 9. The maximum absolute atomic E-state index is 10.9. The Morgan fingerprint density at radius 2 is 1.08 bits per heavy atom. The van der Waals surface area contributed by atoms with Gasteiger partial charge in [0, 0.05) is 6.42 Å². The van der Waals surface area contributed by atoms with Gasteiger partial charge in [-0.15, -0.1) is 0 Å². The zero-order chi connectivity index (χ0) is 27.6. The van der Waals surface area contributed by atoms with Gasteiger partial charge in [0.15, 0.2) is 8.32 Å². The van der Waals surface area contributed by atoms with Crippen LogP contribution in [0.4, 0.5) is 0 Å². The van der Waals surface area contributed by atoms with Crippen LogP contribution in [-0.4, -0.2) is 21.2 Å². The highest BCUT2D eigenvalue weighted by Crippen LogP contribution is 2.36. The molecule has 3 heteroatoms. The molecule has 0 atom stereocenters. The summed E-state index contributed by atoms with van der Waals surface area (Å²) in [6.45, 7) is 23.2. The largest absolute Gasteiger partial charge is 0.413 e. The molecule has 0 N–H and O–H groups in total. The summed E-state index contributed by atoms with van der Waals surface area (Å²) in [5.74, 6) is 0. The van der Waals surface area contributed by atoms with Crippen molar-refractivity contribution in [3.8, 4) is 0 Å². The van der Waals surface area contributed by atoms with E-state index in [1.807, 2.05) is 0 Å². The number of carbonyl (C=O) groups excluding carboxylic acids is 1. The molecule has 0 saturated carbocycles. The lowest BCUT2D eigenvalue weighted by Crippen LogP contribution is -2.41. The van der Waals surface area contributed by atoms with Gasteiger partial charge in [-0.2, -0.15) is 0 Å². The summed E-state index contributed by atoms with van der Waals surface area (Å²) >= 11 is 0. The molecule has 0 unspecified atom stereocenters. The molecule has 0 aromatic heterocycles. The number of hydrogen-bond acceptors (Lipinski definition) is 2. The van der Waals surface area contributed by atoms with Crippen LogP contribution < -0.4 is 0 Å². The molecule has 0 radical (unpaired) electrons. The number of hydrogen-bond donors (Lipinski definition) is 0. The van der Waals surface area contributed by atoms with Gasteiger partial charge in [0.2, 0.25) is 0 Å². The molecule has 0 heterocycles. The van der Waals surface area contributed by atoms with Gasteiger partial charge >= 0.3 is 0 Å². The van der Waals surface area contributed by atoms with E-state index in [1.54, 1.807) is 0 Å². The second-order valence-electron chi connectivity index (χ2n) is 12.2. The Morgan fingerprint density at radius 3 is 1.53 bits per heavy atom. The Labute approximate surface area is 226 Å². The SMILES string of the molecule is CC(C)=CCC/C(C)=C/CC/C(C)=C/CC/C(C)=C/CC/C=C(/CCC=O)CO[Si](C)(C)C(C)(C)C. The van der Waals surface area contributed by atoms with Crippen LogP contribution in [0, 0.1) is 0 Å². The van der Waals surface area contributed by atoms with Crippen molar-refractivity contribution in [3.05, 3.63) is 58.2 Å². The van der Waals surface area contributed by atoms with Gasteiger partial charge < -0.3 is 9.22 Å². The van der Waals surface area contributed by atoms with Crippen molar-refractivity contribution in [2.75, 3.05) is 6.61 Å². The van der Waals surface area contributed by atoms with Crippen molar-refractivity contribution in [1.82, 2.24) is 0 Å². The van der Waals surface area contributed by atoms with Crippen LogP contribution in [0.1, 0.15) is 120 Å². The van der Waals surface area contributed by atoms with Crippen molar-refractivity contribution >= 4 is 14.6 Å². The molecule has 0 aromatic rings.